The fraction of sp³-hybridized carbons (Fsp3) is 0.714. The van der Waals surface area contributed by atoms with E-state index in [1.54, 1.807) is 5.57 Å². The van der Waals surface area contributed by atoms with Crippen molar-refractivity contribution in [2.45, 2.75) is 20.3 Å². The molecule has 0 aliphatic carbocycles. The maximum Gasteiger partial charge on any atom is 0.0311 e. The lowest BCUT2D eigenvalue weighted by Gasteiger charge is -2.03. The SMILES string of the molecule is CCC1=C(C)SN(C)C1. The van der Waals surface area contributed by atoms with Crippen LogP contribution in [0.1, 0.15) is 20.3 Å². The van der Waals surface area contributed by atoms with Crippen molar-refractivity contribution in [3.8, 4) is 0 Å². The van der Waals surface area contributed by atoms with Crippen LogP contribution < -0.4 is 0 Å². The largest absolute Gasteiger partial charge is 0.246 e. The summed E-state index contributed by atoms with van der Waals surface area (Å²) in [6.07, 6.45) is 1.21. The Morgan fingerprint density at radius 1 is 1.67 bits per heavy atom. The van der Waals surface area contributed by atoms with E-state index >= 15 is 0 Å². The summed E-state index contributed by atoms with van der Waals surface area (Å²) in [5.41, 5.74) is 1.60. The van der Waals surface area contributed by atoms with Crippen LogP contribution in [0.5, 0.6) is 0 Å². The van der Waals surface area contributed by atoms with Crippen LogP contribution in [0.25, 0.3) is 0 Å². The van der Waals surface area contributed by atoms with Crippen molar-refractivity contribution in [1.82, 2.24) is 4.31 Å². The maximum absolute atomic E-state index is 2.27. The molecule has 0 atom stereocenters. The highest BCUT2D eigenvalue weighted by atomic mass is 32.2. The molecule has 0 amide bonds. The third-order valence-electron chi connectivity index (χ3n) is 1.63. The van der Waals surface area contributed by atoms with Gasteiger partial charge in [-0.1, -0.05) is 6.92 Å². The molecule has 1 aliphatic rings. The Labute approximate surface area is 61.3 Å². The predicted molar refractivity (Wildman–Crippen MR) is 43.2 cm³/mol. The summed E-state index contributed by atoms with van der Waals surface area (Å²) >= 11 is 1.87. The van der Waals surface area contributed by atoms with Crippen molar-refractivity contribution in [2.24, 2.45) is 0 Å². The molecule has 0 spiro atoms. The van der Waals surface area contributed by atoms with Gasteiger partial charge in [-0.2, -0.15) is 0 Å². The van der Waals surface area contributed by atoms with Gasteiger partial charge in [-0.3, -0.25) is 0 Å². The van der Waals surface area contributed by atoms with Crippen molar-refractivity contribution in [3.05, 3.63) is 10.5 Å². The zero-order chi connectivity index (χ0) is 6.85. The van der Waals surface area contributed by atoms with E-state index in [4.69, 9.17) is 0 Å². The Balaban J connectivity index is 2.58. The normalized spacial score (nSPS) is 21.7. The zero-order valence-corrected chi connectivity index (χ0v) is 7.09. The molecule has 2 heteroatoms. The topological polar surface area (TPSA) is 3.24 Å². The van der Waals surface area contributed by atoms with E-state index in [1.165, 1.54) is 11.3 Å². The van der Waals surface area contributed by atoms with Gasteiger partial charge < -0.3 is 0 Å². The number of rotatable bonds is 1. The summed E-state index contributed by atoms with van der Waals surface area (Å²) < 4.78 is 2.27. The fourth-order valence-corrected chi connectivity index (χ4v) is 2.10. The molecular formula is C7H13NS. The quantitative estimate of drug-likeness (QED) is 0.518. The van der Waals surface area contributed by atoms with Crippen molar-refractivity contribution in [3.63, 3.8) is 0 Å². The second kappa shape index (κ2) is 2.76. The first-order valence-corrected chi connectivity index (χ1v) is 4.09. The molecule has 1 rings (SSSR count). The Morgan fingerprint density at radius 3 is 2.56 bits per heavy atom. The van der Waals surface area contributed by atoms with Crippen LogP contribution in [0.15, 0.2) is 10.5 Å². The molecule has 0 bridgehead atoms. The molecule has 0 radical (unpaired) electrons. The van der Waals surface area contributed by atoms with Gasteiger partial charge in [0.15, 0.2) is 0 Å². The van der Waals surface area contributed by atoms with Gasteiger partial charge in [-0.05, 0) is 42.8 Å². The monoisotopic (exact) mass is 143 g/mol. The second-order valence-corrected chi connectivity index (χ2v) is 3.81. The number of nitrogens with zero attached hydrogens (tertiary/aromatic N) is 1. The third kappa shape index (κ3) is 1.49. The van der Waals surface area contributed by atoms with Crippen molar-refractivity contribution >= 4 is 11.9 Å². The van der Waals surface area contributed by atoms with E-state index in [-0.39, 0.29) is 0 Å². The number of hydrogen-bond acceptors (Lipinski definition) is 2. The van der Waals surface area contributed by atoms with E-state index in [9.17, 15) is 0 Å². The Morgan fingerprint density at radius 2 is 2.33 bits per heavy atom. The summed E-state index contributed by atoms with van der Waals surface area (Å²) in [5.74, 6) is 0. The van der Waals surface area contributed by atoms with Crippen LogP contribution in [0, 0.1) is 0 Å². The third-order valence-corrected chi connectivity index (χ3v) is 2.63. The summed E-state index contributed by atoms with van der Waals surface area (Å²) in [4.78, 5) is 1.50. The molecule has 0 unspecified atom stereocenters. The highest BCUT2D eigenvalue weighted by Gasteiger charge is 2.13. The van der Waals surface area contributed by atoms with Gasteiger partial charge in [0.2, 0.25) is 0 Å². The first kappa shape index (κ1) is 7.16. The van der Waals surface area contributed by atoms with Crippen LogP contribution in [0.2, 0.25) is 0 Å². The van der Waals surface area contributed by atoms with Crippen LogP contribution in [0.4, 0.5) is 0 Å². The molecule has 52 valence electrons. The Bertz CT molecular complexity index is 140. The standard InChI is InChI=1S/C7H13NS/c1-4-7-5-8(3)9-6(7)2/h4-5H2,1-3H3. The van der Waals surface area contributed by atoms with Crippen LogP contribution in [0.3, 0.4) is 0 Å². The zero-order valence-electron chi connectivity index (χ0n) is 6.27. The van der Waals surface area contributed by atoms with E-state index < -0.39 is 0 Å². The van der Waals surface area contributed by atoms with Gasteiger partial charge in [0.1, 0.15) is 0 Å². The molecule has 9 heavy (non-hydrogen) atoms. The average Bonchev–Trinajstić information content (AvgIpc) is 2.10. The first-order valence-electron chi connectivity index (χ1n) is 3.31. The summed E-state index contributed by atoms with van der Waals surface area (Å²) in [7, 11) is 2.14. The van der Waals surface area contributed by atoms with Gasteiger partial charge in [-0.25, -0.2) is 4.31 Å². The highest BCUT2D eigenvalue weighted by Crippen LogP contribution is 2.31. The van der Waals surface area contributed by atoms with Gasteiger partial charge in [0.25, 0.3) is 0 Å². The molecule has 1 heterocycles. The minimum atomic E-state index is 1.16. The number of hydrogen-bond donors (Lipinski definition) is 0. The molecule has 1 nitrogen and oxygen atoms in total. The molecule has 0 fully saturated rings. The molecule has 1 aliphatic heterocycles. The smallest absolute Gasteiger partial charge is 0.0311 e. The number of allylic oxidation sites excluding steroid dienone is 1. The number of likely N-dealkylation sites (N-methyl/N-ethyl adjacent to an activating group) is 1. The lowest BCUT2D eigenvalue weighted by atomic mass is 10.2. The molecule has 0 N–H and O–H groups in total. The Kier molecular flexibility index (Phi) is 2.19. The van der Waals surface area contributed by atoms with Crippen molar-refractivity contribution in [1.29, 1.82) is 0 Å². The minimum absolute atomic E-state index is 1.16. The summed E-state index contributed by atoms with van der Waals surface area (Å²) in [6.45, 7) is 5.58. The molecule has 0 aromatic rings. The molecular weight excluding hydrogens is 130 g/mol. The molecule has 0 aromatic carbocycles. The summed E-state index contributed by atoms with van der Waals surface area (Å²) in [6, 6.07) is 0. The Hall–Kier alpha value is 0.0500. The van der Waals surface area contributed by atoms with Crippen molar-refractivity contribution in [2.75, 3.05) is 13.6 Å². The van der Waals surface area contributed by atoms with Gasteiger partial charge in [0.05, 0.1) is 0 Å². The lowest BCUT2D eigenvalue weighted by Crippen LogP contribution is -2.05. The lowest BCUT2D eigenvalue weighted by molar-refractivity contribution is 0.624. The summed E-state index contributed by atoms with van der Waals surface area (Å²) in [5, 5.41) is 0. The first-order chi connectivity index (χ1) is 4.24. The predicted octanol–water partition coefficient (Wildman–Crippen LogP) is 2.26. The molecule has 0 saturated heterocycles. The molecule has 0 aromatic heterocycles. The average molecular weight is 143 g/mol. The highest BCUT2D eigenvalue weighted by molar-refractivity contribution is 8.01. The van der Waals surface area contributed by atoms with E-state index in [0.717, 1.165) is 6.54 Å². The minimum Gasteiger partial charge on any atom is -0.246 e. The van der Waals surface area contributed by atoms with Gasteiger partial charge >= 0.3 is 0 Å². The second-order valence-electron chi connectivity index (χ2n) is 2.39. The van der Waals surface area contributed by atoms with Crippen molar-refractivity contribution < 1.29 is 0 Å². The van der Waals surface area contributed by atoms with E-state index in [0.29, 0.717) is 0 Å². The van der Waals surface area contributed by atoms with E-state index in [2.05, 4.69) is 25.2 Å². The maximum atomic E-state index is 2.27. The fourth-order valence-electron chi connectivity index (χ4n) is 1.07. The van der Waals surface area contributed by atoms with E-state index in [1.807, 2.05) is 11.9 Å². The van der Waals surface area contributed by atoms with Gasteiger partial charge in [-0.15, -0.1) is 0 Å². The van der Waals surface area contributed by atoms with Crippen LogP contribution in [-0.2, 0) is 0 Å². The van der Waals surface area contributed by atoms with Crippen LogP contribution >= 0.6 is 11.9 Å². The molecule has 0 saturated carbocycles. The van der Waals surface area contributed by atoms with Crippen LogP contribution in [-0.4, -0.2) is 17.9 Å². The van der Waals surface area contributed by atoms with Gasteiger partial charge in [0, 0.05) is 6.54 Å².